The molecule has 3 nitrogen and oxygen atoms in total. The van der Waals surface area contributed by atoms with Crippen LogP contribution in [-0.2, 0) is 0 Å². The van der Waals surface area contributed by atoms with Gasteiger partial charge in [0.05, 0.1) is 0 Å². The highest BCUT2D eigenvalue weighted by molar-refractivity contribution is 6.31. The second-order valence-corrected chi connectivity index (χ2v) is 3.50. The smallest absolute Gasteiger partial charge is 0.251 e. The molecular formula is C10H14Cl2N2O. The molecule has 0 aliphatic rings. The number of carbonyl (C=O) groups excluding carboxylic acids is 1. The van der Waals surface area contributed by atoms with E-state index < -0.39 is 0 Å². The number of nitrogens with two attached hydrogens (primary N) is 1. The van der Waals surface area contributed by atoms with Crippen molar-refractivity contribution in [3.63, 3.8) is 0 Å². The number of hydrogen-bond donors (Lipinski definition) is 2. The molecule has 0 spiro atoms. The lowest BCUT2D eigenvalue weighted by Gasteiger charge is -2.04. The van der Waals surface area contributed by atoms with Crippen LogP contribution in [0.5, 0.6) is 0 Å². The quantitative estimate of drug-likeness (QED) is 0.857. The monoisotopic (exact) mass is 248 g/mol. The van der Waals surface area contributed by atoms with Crippen molar-refractivity contribution in [3.05, 3.63) is 34.3 Å². The fourth-order valence-electron chi connectivity index (χ4n) is 1.16. The Balaban J connectivity index is 0.00000196. The van der Waals surface area contributed by atoms with Gasteiger partial charge in [-0.2, -0.15) is 0 Å². The van der Waals surface area contributed by atoms with Crippen molar-refractivity contribution in [1.82, 2.24) is 5.32 Å². The van der Waals surface area contributed by atoms with Crippen molar-refractivity contribution in [2.45, 2.75) is 6.92 Å². The first-order valence-electron chi connectivity index (χ1n) is 4.39. The predicted molar refractivity (Wildman–Crippen MR) is 64.8 cm³/mol. The van der Waals surface area contributed by atoms with Crippen LogP contribution in [-0.4, -0.2) is 19.0 Å². The van der Waals surface area contributed by atoms with Gasteiger partial charge in [0.2, 0.25) is 0 Å². The summed E-state index contributed by atoms with van der Waals surface area (Å²) < 4.78 is 0. The summed E-state index contributed by atoms with van der Waals surface area (Å²) in [7, 11) is 0. The molecular weight excluding hydrogens is 235 g/mol. The third kappa shape index (κ3) is 4.51. The van der Waals surface area contributed by atoms with Crippen LogP contribution < -0.4 is 11.1 Å². The molecule has 5 heteroatoms. The van der Waals surface area contributed by atoms with Crippen molar-refractivity contribution < 1.29 is 4.79 Å². The van der Waals surface area contributed by atoms with Gasteiger partial charge < -0.3 is 11.1 Å². The molecule has 0 saturated heterocycles. The van der Waals surface area contributed by atoms with E-state index in [4.69, 9.17) is 17.3 Å². The van der Waals surface area contributed by atoms with Gasteiger partial charge in [-0.05, 0) is 30.7 Å². The number of benzene rings is 1. The Hall–Kier alpha value is -0.770. The Morgan fingerprint density at radius 3 is 2.67 bits per heavy atom. The number of halogens is 2. The molecule has 3 N–H and O–H groups in total. The maximum absolute atomic E-state index is 11.5. The molecule has 84 valence electrons. The maximum Gasteiger partial charge on any atom is 0.251 e. The zero-order chi connectivity index (χ0) is 10.6. The SMILES string of the molecule is Cc1cc(Cl)cc(C(=O)NCCN)c1.Cl. The molecule has 1 aromatic carbocycles. The largest absolute Gasteiger partial charge is 0.351 e. The number of rotatable bonds is 3. The van der Waals surface area contributed by atoms with Gasteiger partial charge in [-0.15, -0.1) is 12.4 Å². The van der Waals surface area contributed by atoms with Crippen LogP contribution in [0, 0.1) is 6.92 Å². The third-order valence-corrected chi connectivity index (χ3v) is 1.95. The summed E-state index contributed by atoms with van der Waals surface area (Å²) in [5.41, 5.74) is 6.81. The van der Waals surface area contributed by atoms with Gasteiger partial charge in [0, 0.05) is 23.7 Å². The highest BCUT2D eigenvalue weighted by Gasteiger charge is 2.05. The molecule has 15 heavy (non-hydrogen) atoms. The number of carbonyl (C=O) groups is 1. The van der Waals surface area contributed by atoms with Crippen LogP contribution in [0.25, 0.3) is 0 Å². The topological polar surface area (TPSA) is 55.1 Å². The van der Waals surface area contributed by atoms with E-state index in [1.165, 1.54) is 0 Å². The van der Waals surface area contributed by atoms with E-state index in [1.807, 2.05) is 6.92 Å². The van der Waals surface area contributed by atoms with E-state index in [0.29, 0.717) is 23.7 Å². The molecule has 0 aliphatic heterocycles. The summed E-state index contributed by atoms with van der Waals surface area (Å²) in [5, 5.41) is 3.25. The zero-order valence-electron chi connectivity index (χ0n) is 8.42. The minimum absolute atomic E-state index is 0. The highest BCUT2D eigenvalue weighted by atomic mass is 35.5. The van der Waals surface area contributed by atoms with Gasteiger partial charge in [-0.25, -0.2) is 0 Å². The van der Waals surface area contributed by atoms with Crippen LogP contribution in [0.1, 0.15) is 15.9 Å². The van der Waals surface area contributed by atoms with Crippen LogP contribution in [0.15, 0.2) is 18.2 Å². The Morgan fingerprint density at radius 1 is 1.47 bits per heavy atom. The fourth-order valence-corrected chi connectivity index (χ4v) is 1.44. The van der Waals surface area contributed by atoms with E-state index in [0.717, 1.165) is 5.56 Å². The standard InChI is InChI=1S/C10H13ClN2O.ClH/c1-7-4-8(6-9(11)5-7)10(14)13-3-2-12;/h4-6H,2-3,12H2,1H3,(H,13,14);1H. The van der Waals surface area contributed by atoms with Gasteiger partial charge in [-0.3, -0.25) is 4.79 Å². The molecule has 0 atom stereocenters. The fraction of sp³-hybridized carbons (Fsp3) is 0.300. The summed E-state index contributed by atoms with van der Waals surface area (Å²) >= 11 is 5.82. The van der Waals surface area contributed by atoms with E-state index in [9.17, 15) is 4.79 Å². The molecule has 1 rings (SSSR count). The highest BCUT2D eigenvalue weighted by Crippen LogP contribution is 2.14. The molecule has 0 aromatic heterocycles. The Bertz CT molecular complexity index is 322. The molecule has 0 unspecified atom stereocenters. The van der Waals surface area contributed by atoms with E-state index in [1.54, 1.807) is 18.2 Å². The lowest BCUT2D eigenvalue weighted by atomic mass is 10.1. The zero-order valence-corrected chi connectivity index (χ0v) is 9.99. The molecule has 0 saturated carbocycles. The molecule has 0 radical (unpaired) electrons. The van der Waals surface area contributed by atoms with Gasteiger partial charge in [0.25, 0.3) is 5.91 Å². The second-order valence-electron chi connectivity index (χ2n) is 3.06. The van der Waals surface area contributed by atoms with Crippen molar-refractivity contribution in [2.24, 2.45) is 5.73 Å². The number of nitrogens with one attached hydrogen (secondary N) is 1. The normalized spacial score (nSPS) is 9.27. The first-order chi connectivity index (χ1) is 6.63. The van der Waals surface area contributed by atoms with Crippen molar-refractivity contribution in [3.8, 4) is 0 Å². The summed E-state index contributed by atoms with van der Waals surface area (Å²) in [6.07, 6.45) is 0. The summed E-state index contributed by atoms with van der Waals surface area (Å²) in [5.74, 6) is -0.138. The average Bonchev–Trinajstić information content (AvgIpc) is 2.12. The molecule has 0 heterocycles. The lowest BCUT2D eigenvalue weighted by Crippen LogP contribution is -2.28. The molecule has 0 fully saturated rings. The van der Waals surface area contributed by atoms with Crippen molar-refractivity contribution >= 4 is 29.9 Å². The molecule has 1 amide bonds. The van der Waals surface area contributed by atoms with Crippen LogP contribution >= 0.6 is 24.0 Å². The second kappa shape index (κ2) is 6.67. The molecule has 0 aliphatic carbocycles. The average molecular weight is 249 g/mol. The van der Waals surface area contributed by atoms with Crippen molar-refractivity contribution in [2.75, 3.05) is 13.1 Å². The Labute approximate surface area is 100 Å². The lowest BCUT2D eigenvalue weighted by molar-refractivity contribution is 0.0954. The first-order valence-corrected chi connectivity index (χ1v) is 4.76. The first kappa shape index (κ1) is 14.2. The summed E-state index contributed by atoms with van der Waals surface area (Å²) in [6.45, 7) is 2.81. The minimum Gasteiger partial charge on any atom is -0.351 e. The van der Waals surface area contributed by atoms with Gasteiger partial charge in [0.15, 0.2) is 0 Å². The molecule has 1 aromatic rings. The number of amides is 1. The Morgan fingerprint density at radius 2 is 2.13 bits per heavy atom. The van der Waals surface area contributed by atoms with E-state index >= 15 is 0 Å². The minimum atomic E-state index is -0.138. The van der Waals surface area contributed by atoms with Gasteiger partial charge in [0.1, 0.15) is 0 Å². The Kier molecular flexibility index (Phi) is 6.32. The number of aryl methyl sites for hydroxylation is 1. The summed E-state index contributed by atoms with van der Waals surface area (Å²) in [6, 6.07) is 5.24. The van der Waals surface area contributed by atoms with E-state index in [-0.39, 0.29) is 18.3 Å². The van der Waals surface area contributed by atoms with Crippen LogP contribution in [0.3, 0.4) is 0 Å². The maximum atomic E-state index is 11.5. The van der Waals surface area contributed by atoms with Crippen LogP contribution in [0.4, 0.5) is 0 Å². The van der Waals surface area contributed by atoms with Gasteiger partial charge >= 0.3 is 0 Å². The van der Waals surface area contributed by atoms with Crippen LogP contribution in [0.2, 0.25) is 5.02 Å². The van der Waals surface area contributed by atoms with E-state index in [2.05, 4.69) is 5.32 Å². The predicted octanol–water partition coefficient (Wildman–Crippen LogP) is 1.76. The number of hydrogen-bond acceptors (Lipinski definition) is 2. The third-order valence-electron chi connectivity index (χ3n) is 1.73. The molecule has 0 bridgehead atoms. The van der Waals surface area contributed by atoms with Gasteiger partial charge in [-0.1, -0.05) is 11.6 Å². The summed E-state index contributed by atoms with van der Waals surface area (Å²) in [4.78, 5) is 11.5. The van der Waals surface area contributed by atoms with Crippen molar-refractivity contribution in [1.29, 1.82) is 0 Å².